The predicted molar refractivity (Wildman–Crippen MR) is 63.0 cm³/mol. The number of pyridine rings is 1. The van der Waals surface area contributed by atoms with Gasteiger partial charge in [0, 0.05) is 19.3 Å². The minimum absolute atomic E-state index is 0.0434. The van der Waals surface area contributed by atoms with Crippen molar-refractivity contribution in [1.82, 2.24) is 4.98 Å². The molecule has 15 heavy (non-hydrogen) atoms. The van der Waals surface area contributed by atoms with Gasteiger partial charge in [-0.05, 0) is 31.0 Å². The predicted octanol–water partition coefficient (Wildman–Crippen LogP) is 1.89. The molecule has 0 aromatic carbocycles. The Morgan fingerprint density at radius 1 is 1.60 bits per heavy atom. The van der Waals surface area contributed by atoms with E-state index < -0.39 is 0 Å². The van der Waals surface area contributed by atoms with Gasteiger partial charge in [0.25, 0.3) is 0 Å². The van der Waals surface area contributed by atoms with E-state index in [1.807, 2.05) is 19.1 Å². The fourth-order valence-electron chi connectivity index (χ4n) is 1.56. The van der Waals surface area contributed by atoms with Crippen LogP contribution < -0.4 is 4.90 Å². The van der Waals surface area contributed by atoms with Crippen LogP contribution in [0.5, 0.6) is 0 Å². The first kappa shape index (κ1) is 11.7. The molecule has 0 saturated heterocycles. The topological polar surface area (TPSA) is 36.4 Å². The first-order chi connectivity index (χ1) is 7.22. The number of anilines is 1. The molecule has 0 aliphatic heterocycles. The third kappa shape index (κ3) is 2.80. The van der Waals surface area contributed by atoms with Crippen LogP contribution in [0.2, 0.25) is 0 Å². The van der Waals surface area contributed by atoms with E-state index in [1.165, 1.54) is 0 Å². The first-order valence-electron chi connectivity index (χ1n) is 5.15. The molecule has 82 valence electrons. The van der Waals surface area contributed by atoms with Gasteiger partial charge in [0.2, 0.25) is 0 Å². The summed E-state index contributed by atoms with van der Waals surface area (Å²) >= 11 is 0. The number of nitrogens with zero attached hydrogens (tertiary/aromatic N) is 2. The molecule has 0 amide bonds. The lowest BCUT2D eigenvalue weighted by molar-refractivity contribution is 0.281. The number of aromatic nitrogens is 1. The van der Waals surface area contributed by atoms with Crippen molar-refractivity contribution < 1.29 is 5.11 Å². The van der Waals surface area contributed by atoms with E-state index in [2.05, 4.69) is 23.4 Å². The Morgan fingerprint density at radius 3 is 2.80 bits per heavy atom. The molecule has 0 atom stereocenters. The lowest BCUT2D eigenvalue weighted by atomic mass is 10.2. The Labute approximate surface area is 91.1 Å². The monoisotopic (exact) mass is 206 g/mol. The highest BCUT2D eigenvalue weighted by molar-refractivity contribution is 5.47. The van der Waals surface area contributed by atoms with Gasteiger partial charge >= 0.3 is 0 Å². The third-order valence-corrected chi connectivity index (χ3v) is 2.32. The van der Waals surface area contributed by atoms with Gasteiger partial charge < -0.3 is 10.0 Å². The van der Waals surface area contributed by atoms with Crippen LogP contribution in [0.3, 0.4) is 0 Å². The first-order valence-corrected chi connectivity index (χ1v) is 5.15. The minimum Gasteiger partial charge on any atom is -0.392 e. The van der Waals surface area contributed by atoms with Crippen LogP contribution in [0.4, 0.5) is 5.82 Å². The maximum Gasteiger partial charge on any atom is 0.131 e. The summed E-state index contributed by atoms with van der Waals surface area (Å²) in [7, 11) is 0. The van der Waals surface area contributed by atoms with E-state index in [0.717, 1.165) is 30.0 Å². The number of aryl methyl sites for hydroxylation is 1. The highest BCUT2D eigenvalue weighted by Crippen LogP contribution is 2.17. The summed E-state index contributed by atoms with van der Waals surface area (Å²) in [6.07, 6.45) is 3.58. The molecule has 3 heteroatoms. The molecule has 1 aromatic rings. The fraction of sp³-hybridized carbons (Fsp3) is 0.417. The average molecular weight is 206 g/mol. The zero-order chi connectivity index (χ0) is 11.3. The summed E-state index contributed by atoms with van der Waals surface area (Å²) in [5.74, 6) is 0.967. The second-order valence-electron chi connectivity index (χ2n) is 3.47. The SMILES string of the molecule is C=CCN(CC)c1ncc(CO)cc1C. The summed E-state index contributed by atoms with van der Waals surface area (Å²) in [6, 6.07) is 1.97. The van der Waals surface area contributed by atoms with E-state index in [4.69, 9.17) is 5.11 Å². The lowest BCUT2D eigenvalue weighted by Crippen LogP contribution is -2.24. The summed E-state index contributed by atoms with van der Waals surface area (Å²) < 4.78 is 0. The number of hydrogen-bond acceptors (Lipinski definition) is 3. The molecule has 1 heterocycles. The second kappa shape index (κ2) is 5.51. The Bertz CT molecular complexity index is 336. The Hall–Kier alpha value is -1.35. The summed E-state index contributed by atoms with van der Waals surface area (Å²) in [5.41, 5.74) is 1.94. The van der Waals surface area contributed by atoms with Crippen LogP contribution in [0, 0.1) is 6.92 Å². The van der Waals surface area contributed by atoms with Gasteiger partial charge in [0.05, 0.1) is 6.61 Å². The molecule has 0 aliphatic rings. The Kier molecular flexibility index (Phi) is 4.31. The third-order valence-electron chi connectivity index (χ3n) is 2.32. The highest BCUT2D eigenvalue weighted by Gasteiger charge is 2.07. The van der Waals surface area contributed by atoms with Crippen LogP contribution in [-0.2, 0) is 6.61 Å². The minimum atomic E-state index is 0.0434. The van der Waals surface area contributed by atoms with Gasteiger partial charge in [-0.2, -0.15) is 0 Å². The Morgan fingerprint density at radius 2 is 2.33 bits per heavy atom. The van der Waals surface area contributed by atoms with Crippen molar-refractivity contribution in [3.8, 4) is 0 Å². The maximum atomic E-state index is 8.98. The van der Waals surface area contributed by atoms with Crippen molar-refractivity contribution in [2.24, 2.45) is 0 Å². The molecule has 0 radical (unpaired) electrons. The van der Waals surface area contributed by atoms with Gasteiger partial charge in [-0.1, -0.05) is 6.08 Å². The molecule has 0 unspecified atom stereocenters. The molecule has 3 nitrogen and oxygen atoms in total. The van der Waals surface area contributed by atoms with Crippen molar-refractivity contribution in [1.29, 1.82) is 0 Å². The summed E-state index contributed by atoms with van der Waals surface area (Å²) in [6.45, 7) is 9.56. The van der Waals surface area contributed by atoms with Crippen LogP contribution in [0.1, 0.15) is 18.1 Å². The zero-order valence-electron chi connectivity index (χ0n) is 9.40. The van der Waals surface area contributed by atoms with Gasteiger partial charge in [0.1, 0.15) is 5.82 Å². The van der Waals surface area contributed by atoms with Gasteiger partial charge in [0.15, 0.2) is 0 Å². The van der Waals surface area contributed by atoms with Crippen molar-refractivity contribution in [2.75, 3.05) is 18.0 Å². The standard InChI is InChI=1S/C12H18N2O/c1-4-6-14(5-2)12-10(3)7-11(9-15)8-13-12/h4,7-8,15H,1,5-6,9H2,2-3H3. The maximum absolute atomic E-state index is 8.98. The van der Waals surface area contributed by atoms with Gasteiger partial charge in [-0.3, -0.25) is 0 Å². The Balaban J connectivity index is 2.97. The van der Waals surface area contributed by atoms with Crippen LogP contribution in [0.15, 0.2) is 24.9 Å². The molecular formula is C12H18N2O. The van der Waals surface area contributed by atoms with E-state index in [-0.39, 0.29) is 6.61 Å². The molecule has 0 spiro atoms. The van der Waals surface area contributed by atoms with Gasteiger partial charge in [-0.25, -0.2) is 4.98 Å². The van der Waals surface area contributed by atoms with Crippen molar-refractivity contribution in [3.05, 3.63) is 36.0 Å². The second-order valence-corrected chi connectivity index (χ2v) is 3.47. The average Bonchev–Trinajstić information content (AvgIpc) is 2.26. The molecule has 0 bridgehead atoms. The van der Waals surface area contributed by atoms with Crippen LogP contribution in [-0.4, -0.2) is 23.2 Å². The van der Waals surface area contributed by atoms with E-state index in [9.17, 15) is 0 Å². The molecular weight excluding hydrogens is 188 g/mol. The molecule has 1 N–H and O–H groups in total. The molecule has 1 aromatic heterocycles. The number of rotatable bonds is 5. The van der Waals surface area contributed by atoms with Crippen molar-refractivity contribution in [2.45, 2.75) is 20.5 Å². The lowest BCUT2D eigenvalue weighted by Gasteiger charge is -2.22. The summed E-state index contributed by atoms with van der Waals surface area (Å²) in [5, 5.41) is 8.98. The van der Waals surface area contributed by atoms with E-state index in [1.54, 1.807) is 6.20 Å². The zero-order valence-corrected chi connectivity index (χ0v) is 9.40. The fourth-order valence-corrected chi connectivity index (χ4v) is 1.56. The van der Waals surface area contributed by atoms with Crippen LogP contribution >= 0.6 is 0 Å². The molecule has 1 rings (SSSR count). The number of hydrogen-bond donors (Lipinski definition) is 1. The smallest absolute Gasteiger partial charge is 0.131 e. The normalized spacial score (nSPS) is 10.1. The molecule has 0 fully saturated rings. The summed E-state index contributed by atoms with van der Waals surface area (Å²) in [4.78, 5) is 6.50. The van der Waals surface area contributed by atoms with E-state index >= 15 is 0 Å². The van der Waals surface area contributed by atoms with Gasteiger partial charge in [-0.15, -0.1) is 6.58 Å². The van der Waals surface area contributed by atoms with E-state index in [0.29, 0.717) is 0 Å². The molecule has 0 saturated carbocycles. The largest absolute Gasteiger partial charge is 0.392 e. The van der Waals surface area contributed by atoms with Crippen LogP contribution in [0.25, 0.3) is 0 Å². The number of aliphatic hydroxyl groups is 1. The number of aliphatic hydroxyl groups excluding tert-OH is 1. The highest BCUT2D eigenvalue weighted by atomic mass is 16.3. The quantitative estimate of drug-likeness (QED) is 0.747. The van der Waals surface area contributed by atoms with Crippen molar-refractivity contribution >= 4 is 5.82 Å². The number of likely N-dealkylation sites (N-methyl/N-ethyl adjacent to an activating group) is 1. The molecule has 0 aliphatic carbocycles. The van der Waals surface area contributed by atoms with Crippen molar-refractivity contribution in [3.63, 3.8) is 0 Å².